The van der Waals surface area contributed by atoms with E-state index in [1.54, 1.807) is 6.92 Å². The molecule has 1 N–H and O–H groups in total. The van der Waals surface area contributed by atoms with E-state index in [4.69, 9.17) is 9.84 Å². The minimum Gasteiger partial charge on any atom is -0.521 e. The minimum absolute atomic E-state index is 0. The molecule has 0 heterocycles. The molecule has 0 spiro atoms. The van der Waals surface area contributed by atoms with Crippen LogP contribution < -0.4 is 4.74 Å². The number of carbonyl (C=O) groups excluding carboxylic acids is 1. The molecule has 0 saturated heterocycles. The van der Waals surface area contributed by atoms with Gasteiger partial charge in [0.05, 0.1) is 12.9 Å². The first kappa shape index (κ1) is 15.1. The van der Waals surface area contributed by atoms with E-state index in [2.05, 4.69) is 10.8 Å². The van der Waals surface area contributed by atoms with E-state index in [1.807, 2.05) is 0 Å². The van der Waals surface area contributed by atoms with E-state index >= 15 is 0 Å². The Balaban J connectivity index is 0.00000225. The Labute approximate surface area is 118 Å². The molecule has 5 nitrogen and oxygen atoms in total. The van der Waals surface area contributed by atoms with Gasteiger partial charge in [-0.1, -0.05) is 18.1 Å². The van der Waals surface area contributed by atoms with Crippen LogP contribution in [0.25, 0.3) is 0 Å². The first-order chi connectivity index (χ1) is 7.04. The molecule has 0 saturated carbocycles. The Morgan fingerprint density at radius 2 is 2.00 bits per heavy atom. The summed E-state index contributed by atoms with van der Waals surface area (Å²) in [4.78, 5) is 21.4. The number of hydrogen-bond donors (Lipinski definition) is 1. The zero-order chi connectivity index (χ0) is 11.4. The molecular weight excluding hydrogens is 289 g/mol. The predicted molar refractivity (Wildman–Crippen MR) is 50.0 cm³/mol. The van der Waals surface area contributed by atoms with Gasteiger partial charge in [-0.25, -0.2) is 4.79 Å². The summed E-state index contributed by atoms with van der Waals surface area (Å²) in [6.45, 7) is 1.59. The van der Waals surface area contributed by atoms with Gasteiger partial charge in [0.1, 0.15) is 0 Å². The van der Waals surface area contributed by atoms with Gasteiger partial charge < -0.3 is 19.4 Å². The monoisotopic (exact) mass is 298 g/mol. The molecule has 0 amide bonds. The average molecular weight is 298 g/mol. The van der Waals surface area contributed by atoms with Gasteiger partial charge in [-0.05, 0) is 0 Å². The van der Waals surface area contributed by atoms with Crippen LogP contribution in [0.3, 0.4) is 0 Å². The fourth-order valence-electron chi connectivity index (χ4n) is 0.956. The van der Waals surface area contributed by atoms with Crippen LogP contribution in [0.15, 0.2) is 12.1 Å². The summed E-state index contributed by atoms with van der Waals surface area (Å²) >= 11 is 0. The molecule has 0 aromatic heterocycles. The maximum absolute atomic E-state index is 10.8. The standard InChI is InChI=1S/C10H9O5.Y/c1-6-5-7(9(11)12)3-4-8(6)15-10(13)14-2;/h3-4H,1-2H3,(H,11,12);/q-1;. The Morgan fingerprint density at radius 1 is 1.38 bits per heavy atom. The average Bonchev–Trinajstić information content (AvgIpc) is 2.20. The van der Waals surface area contributed by atoms with Gasteiger partial charge in [0.15, 0.2) is 0 Å². The third kappa shape index (κ3) is 3.91. The second-order valence-electron chi connectivity index (χ2n) is 2.72. The summed E-state index contributed by atoms with van der Waals surface area (Å²) in [5, 5.41) is 8.66. The van der Waals surface area contributed by atoms with Crippen LogP contribution in [-0.2, 0) is 37.4 Å². The van der Waals surface area contributed by atoms with Crippen molar-refractivity contribution in [3.63, 3.8) is 0 Å². The molecule has 16 heavy (non-hydrogen) atoms. The number of benzene rings is 1. The number of carboxylic acids is 1. The SMILES string of the molecule is COC(=O)Oc1ccc(C(=O)O)[c-]c1C.[Y]. The topological polar surface area (TPSA) is 72.8 Å². The molecule has 83 valence electrons. The van der Waals surface area contributed by atoms with Gasteiger partial charge in [-0.3, -0.25) is 0 Å². The van der Waals surface area contributed by atoms with Crippen molar-refractivity contribution >= 4 is 12.1 Å². The van der Waals surface area contributed by atoms with E-state index in [0.29, 0.717) is 5.56 Å². The number of aromatic carboxylic acids is 1. The van der Waals surface area contributed by atoms with Crippen LogP contribution in [0, 0.1) is 13.0 Å². The van der Waals surface area contributed by atoms with Crippen molar-refractivity contribution < 1.29 is 56.9 Å². The summed E-state index contributed by atoms with van der Waals surface area (Å²) < 4.78 is 9.04. The molecule has 0 aliphatic heterocycles. The molecule has 0 aliphatic rings. The molecule has 0 aliphatic carbocycles. The number of carbonyl (C=O) groups is 2. The van der Waals surface area contributed by atoms with Gasteiger partial charge in [-0.2, -0.15) is 0 Å². The van der Waals surface area contributed by atoms with Gasteiger partial charge in [-0.15, -0.1) is 18.2 Å². The molecule has 0 bridgehead atoms. The quantitative estimate of drug-likeness (QED) is 0.510. The van der Waals surface area contributed by atoms with Crippen LogP contribution >= 0.6 is 0 Å². The van der Waals surface area contributed by atoms with Gasteiger partial charge in [0, 0.05) is 32.7 Å². The second kappa shape index (κ2) is 6.60. The van der Waals surface area contributed by atoms with Gasteiger partial charge in [0.25, 0.3) is 0 Å². The van der Waals surface area contributed by atoms with E-state index in [-0.39, 0.29) is 44.0 Å². The molecule has 1 rings (SSSR count). The molecule has 1 aromatic carbocycles. The Kier molecular flexibility index (Phi) is 6.22. The number of hydrogen-bond acceptors (Lipinski definition) is 4. The third-order valence-corrected chi connectivity index (χ3v) is 1.68. The van der Waals surface area contributed by atoms with Crippen molar-refractivity contribution in [2.75, 3.05) is 7.11 Å². The van der Waals surface area contributed by atoms with Crippen LogP contribution in [0.4, 0.5) is 4.79 Å². The van der Waals surface area contributed by atoms with Crippen molar-refractivity contribution in [1.82, 2.24) is 0 Å². The molecule has 0 fully saturated rings. The Hall–Kier alpha value is -0.936. The summed E-state index contributed by atoms with van der Waals surface area (Å²) in [5.74, 6) is -0.852. The van der Waals surface area contributed by atoms with Crippen LogP contribution in [0.5, 0.6) is 5.75 Å². The van der Waals surface area contributed by atoms with Crippen molar-refractivity contribution in [3.05, 3.63) is 29.3 Å². The van der Waals surface area contributed by atoms with Crippen molar-refractivity contribution in [2.24, 2.45) is 0 Å². The molecular formula is C10H9O5Y-. The molecule has 0 atom stereocenters. The van der Waals surface area contributed by atoms with E-state index < -0.39 is 12.1 Å². The summed E-state index contributed by atoms with van der Waals surface area (Å²) in [7, 11) is 1.19. The second-order valence-corrected chi connectivity index (χ2v) is 2.72. The largest absolute Gasteiger partial charge is 0.521 e. The maximum atomic E-state index is 10.8. The number of aryl methyl sites for hydroxylation is 1. The minimum atomic E-state index is -1.08. The van der Waals surface area contributed by atoms with E-state index in [1.165, 1.54) is 19.2 Å². The first-order valence-corrected chi connectivity index (χ1v) is 4.06. The van der Waals surface area contributed by atoms with Crippen molar-refractivity contribution in [3.8, 4) is 5.75 Å². The smallest absolute Gasteiger partial charge is 0.504 e. The van der Waals surface area contributed by atoms with Gasteiger partial charge >= 0.3 is 6.16 Å². The van der Waals surface area contributed by atoms with Gasteiger partial charge in [0.2, 0.25) is 5.97 Å². The molecule has 1 radical (unpaired) electrons. The van der Waals surface area contributed by atoms with Crippen molar-refractivity contribution in [1.29, 1.82) is 0 Å². The van der Waals surface area contributed by atoms with Crippen molar-refractivity contribution in [2.45, 2.75) is 6.92 Å². The number of rotatable bonds is 2. The summed E-state index contributed by atoms with van der Waals surface area (Å²) in [5.41, 5.74) is 0.449. The zero-order valence-corrected chi connectivity index (χ0v) is 11.7. The normalized spacial score (nSPS) is 8.88. The Morgan fingerprint density at radius 3 is 2.44 bits per heavy atom. The van der Waals surface area contributed by atoms with Crippen LogP contribution in [0.2, 0.25) is 0 Å². The van der Waals surface area contributed by atoms with E-state index in [9.17, 15) is 9.59 Å². The molecule has 0 unspecified atom stereocenters. The zero-order valence-electron chi connectivity index (χ0n) is 8.81. The fraction of sp³-hybridized carbons (Fsp3) is 0.200. The number of carboxylic acid groups (broad SMARTS) is 1. The summed E-state index contributed by atoms with van der Waals surface area (Å²) in [6.07, 6.45) is -0.852. The fourth-order valence-corrected chi connectivity index (χ4v) is 0.956. The number of ether oxygens (including phenoxy) is 2. The number of methoxy groups -OCH3 is 1. The molecule has 1 aromatic rings. The van der Waals surface area contributed by atoms with Crippen LogP contribution in [-0.4, -0.2) is 24.3 Å². The first-order valence-electron chi connectivity index (χ1n) is 4.06. The summed E-state index contributed by atoms with van der Waals surface area (Å²) in [6, 6.07) is 5.25. The van der Waals surface area contributed by atoms with Crippen LogP contribution in [0.1, 0.15) is 15.9 Å². The third-order valence-electron chi connectivity index (χ3n) is 1.68. The maximum Gasteiger partial charge on any atom is 0.504 e. The predicted octanol–water partition coefficient (Wildman–Crippen LogP) is 1.64. The van der Waals surface area contributed by atoms with E-state index in [0.717, 1.165) is 0 Å². The molecule has 6 heteroatoms. The Bertz CT molecular complexity index is 402.